The zero-order valence-electron chi connectivity index (χ0n) is 15.4. The maximum atomic E-state index is 12.4. The molecule has 0 aliphatic carbocycles. The van der Waals surface area contributed by atoms with E-state index in [0.717, 1.165) is 24.3 Å². The minimum Gasteiger partial charge on any atom is -0.508 e. The van der Waals surface area contributed by atoms with Crippen molar-refractivity contribution in [3.8, 4) is 11.8 Å². The highest BCUT2D eigenvalue weighted by Gasteiger charge is 2.38. The van der Waals surface area contributed by atoms with Gasteiger partial charge in [-0.25, -0.2) is 8.51 Å². The van der Waals surface area contributed by atoms with Crippen molar-refractivity contribution in [2.45, 2.75) is 23.1 Å². The lowest BCUT2D eigenvalue weighted by Crippen LogP contribution is -2.37. The van der Waals surface area contributed by atoms with Gasteiger partial charge in [0.2, 0.25) is 0 Å². The van der Waals surface area contributed by atoms with Crippen molar-refractivity contribution in [3.63, 3.8) is 0 Å². The van der Waals surface area contributed by atoms with Crippen molar-refractivity contribution in [1.82, 2.24) is 4.31 Å². The van der Waals surface area contributed by atoms with Crippen LogP contribution < -0.4 is 0 Å². The number of aromatic hydroxyl groups is 1. The van der Waals surface area contributed by atoms with Crippen LogP contribution >= 0.6 is 11.6 Å². The van der Waals surface area contributed by atoms with Gasteiger partial charge in [-0.15, -0.1) is 0 Å². The smallest absolute Gasteiger partial charge is 0.416 e. The number of aliphatic hydroxyl groups is 2. The first-order valence-corrected chi connectivity index (χ1v) is 10.0. The van der Waals surface area contributed by atoms with E-state index in [1.165, 1.54) is 6.07 Å². The summed E-state index contributed by atoms with van der Waals surface area (Å²) in [5.41, 5.74) is -1.71. The number of phenols is 1. The zero-order valence-corrected chi connectivity index (χ0v) is 17.0. The molecule has 1 saturated heterocycles. The summed E-state index contributed by atoms with van der Waals surface area (Å²) < 4.78 is 49.4. The summed E-state index contributed by atoms with van der Waals surface area (Å²) in [5, 5.41) is 37.1. The van der Waals surface area contributed by atoms with Crippen LogP contribution in [0.15, 0.2) is 47.4 Å². The predicted octanol–water partition coefficient (Wildman–Crippen LogP) is 3.07. The number of halogens is 4. The quantitative estimate of drug-likeness (QED) is 0.650. The van der Waals surface area contributed by atoms with Gasteiger partial charge in [-0.05, 0) is 48.9 Å². The van der Waals surface area contributed by atoms with E-state index in [1.807, 2.05) is 6.07 Å². The van der Waals surface area contributed by atoms with Crippen molar-refractivity contribution in [1.29, 1.82) is 5.26 Å². The lowest BCUT2D eigenvalue weighted by molar-refractivity contribution is -0.137. The maximum absolute atomic E-state index is 12.4. The van der Waals surface area contributed by atoms with E-state index in [9.17, 15) is 22.5 Å². The predicted molar refractivity (Wildman–Crippen MR) is 104 cm³/mol. The Hall–Kier alpha value is -2.16. The normalized spacial score (nSPS) is 20.2. The summed E-state index contributed by atoms with van der Waals surface area (Å²) in [7, 11) is -1.55. The number of phenolic OH excluding ortho intramolecular Hbond substituents is 1. The van der Waals surface area contributed by atoms with E-state index >= 15 is 0 Å². The van der Waals surface area contributed by atoms with Gasteiger partial charge in [0.05, 0.1) is 22.6 Å². The Labute approximate surface area is 178 Å². The summed E-state index contributed by atoms with van der Waals surface area (Å²) in [5.74, 6) is -0.169. The van der Waals surface area contributed by atoms with Crippen LogP contribution in [0.2, 0.25) is 5.02 Å². The Balaban J connectivity index is 0.000000248. The van der Waals surface area contributed by atoms with Gasteiger partial charge < -0.3 is 15.3 Å². The third-order valence-corrected chi connectivity index (χ3v) is 6.02. The van der Waals surface area contributed by atoms with E-state index in [-0.39, 0.29) is 24.5 Å². The van der Waals surface area contributed by atoms with Crippen molar-refractivity contribution < 1.29 is 32.7 Å². The summed E-state index contributed by atoms with van der Waals surface area (Å²) >= 11 is 5.79. The molecule has 0 amide bonds. The van der Waals surface area contributed by atoms with Gasteiger partial charge in [-0.3, -0.25) is 0 Å². The van der Waals surface area contributed by atoms with Gasteiger partial charge in [-0.2, -0.15) is 18.4 Å². The number of alkyl halides is 3. The maximum Gasteiger partial charge on any atom is 0.416 e. The number of rotatable bonds is 3. The van der Waals surface area contributed by atoms with Crippen LogP contribution in [0.3, 0.4) is 0 Å². The van der Waals surface area contributed by atoms with E-state index < -0.39 is 28.3 Å². The van der Waals surface area contributed by atoms with Crippen LogP contribution in [-0.4, -0.2) is 49.1 Å². The molecule has 1 aliphatic rings. The van der Waals surface area contributed by atoms with E-state index in [4.69, 9.17) is 27.1 Å². The topological polar surface area (TPSA) is 105 Å². The van der Waals surface area contributed by atoms with Gasteiger partial charge in [0, 0.05) is 18.1 Å². The fourth-order valence-electron chi connectivity index (χ4n) is 2.62. The minimum absolute atomic E-state index is 0.115. The van der Waals surface area contributed by atoms with Crippen LogP contribution in [0, 0.1) is 11.3 Å². The molecule has 3 N–H and O–H groups in total. The minimum atomic E-state index is -4.33. The molecule has 0 radical (unpaired) electrons. The molecule has 1 heterocycles. The van der Waals surface area contributed by atoms with Crippen molar-refractivity contribution in [3.05, 3.63) is 58.6 Å². The van der Waals surface area contributed by atoms with Crippen molar-refractivity contribution in [2.75, 3.05) is 19.7 Å². The molecule has 2 atom stereocenters. The number of nitriles is 1. The Morgan fingerprint density at radius 1 is 1.23 bits per heavy atom. The number of benzene rings is 2. The molecule has 0 bridgehead atoms. The van der Waals surface area contributed by atoms with Crippen LogP contribution in [-0.2, 0) is 17.2 Å². The second-order valence-corrected chi connectivity index (χ2v) is 8.43. The molecule has 3 rings (SSSR count). The molecule has 2 aromatic carbocycles. The van der Waals surface area contributed by atoms with Crippen molar-refractivity contribution >= 4 is 22.6 Å². The van der Waals surface area contributed by atoms with Gasteiger partial charge in [-0.1, -0.05) is 11.6 Å². The molecule has 30 heavy (non-hydrogen) atoms. The lowest BCUT2D eigenvalue weighted by Gasteiger charge is -2.20. The number of aliphatic hydroxyl groups excluding tert-OH is 1. The number of nitrogens with zero attached hydrogens (tertiary/aromatic N) is 2. The fourth-order valence-corrected chi connectivity index (χ4v) is 4.16. The molecule has 2 aromatic rings. The first kappa shape index (κ1) is 24.1. The third kappa shape index (κ3) is 6.17. The number of β-amino-alcohol motifs (C(OH)–C–C–N with tert-alkyl or cyclic N) is 1. The van der Waals surface area contributed by atoms with Gasteiger partial charge in [0.1, 0.15) is 28.4 Å². The fraction of sp³-hybridized carbons (Fsp3) is 0.316. The Bertz CT molecular complexity index is 950. The Morgan fingerprint density at radius 3 is 2.37 bits per heavy atom. The monoisotopic (exact) mass is 462 g/mol. The van der Waals surface area contributed by atoms with Crippen LogP contribution in [0.1, 0.15) is 17.5 Å². The summed E-state index contributed by atoms with van der Waals surface area (Å²) in [6.07, 6.45) is -3.97. The summed E-state index contributed by atoms with van der Waals surface area (Å²) in [6, 6.07) is 10.2. The molecular weight excluding hydrogens is 445 g/mol. The molecule has 0 aromatic heterocycles. The molecule has 0 saturated carbocycles. The largest absolute Gasteiger partial charge is 0.508 e. The first-order chi connectivity index (χ1) is 14.0. The van der Waals surface area contributed by atoms with Crippen LogP contribution in [0.5, 0.6) is 5.75 Å². The van der Waals surface area contributed by atoms with Gasteiger partial charge in [0.25, 0.3) is 0 Å². The molecule has 2 unspecified atom stereocenters. The van der Waals surface area contributed by atoms with Gasteiger partial charge >= 0.3 is 6.18 Å². The average Bonchev–Trinajstić information content (AvgIpc) is 3.10. The van der Waals surface area contributed by atoms with Gasteiger partial charge in [0.15, 0.2) is 0 Å². The average molecular weight is 463 g/mol. The zero-order chi connectivity index (χ0) is 22.5. The highest BCUT2D eigenvalue weighted by Crippen LogP contribution is 2.30. The molecule has 11 heteroatoms. The van der Waals surface area contributed by atoms with Crippen LogP contribution in [0.25, 0.3) is 0 Å². The molecule has 1 aliphatic heterocycles. The SMILES string of the molecule is N#Cc1cc(Cl)ccc1S(=O)N1CCC(O)(CO)C1.Oc1ccc(C(F)(F)F)cc1. The third-order valence-electron chi connectivity index (χ3n) is 4.27. The lowest BCUT2D eigenvalue weighted by atomic mass is 10.1. The Kier molecular flexibility index (Phi) is 7.85. The van der Waals surface area contributed by atoms with E-state index in [2.05, 4.69) is 0 Å². The highest BCUT2D eigenvalue weighted by molar-refractivity contribution is 7.82. The number of hydrogen-bond donors (Lipinski definition) is 3. The molecule has 162 valence electrons. The van der Waals surface area contributed by atoms with Crippen molar-refractivity contribution in [2.24, 2.45) is 0 Å². The standard InChI is InChI=1S/C12H13ClN2O3S.C7H5F3O/c13-10-1-2-11(9(5-10)6-14)19(18)15-4-3-12(17,7-15)8-16;8-7(9,10)5-1-3-6(11)4-2-5/h1-2,5,16-17H,3-4,7-8H2;1-4,11H. The second kappa shape index (κ2) is 9.76. The second-order valence-electron chi connectivity index (χ2n) is 6.54. The first-order valence-electron chi connectivity index (χ1n) is 8.55. The van der Waals surface area contributed by atoms with E-state index in [1.54, 1.807) is 16.4 Å². The molecule has 0 spiro atoms. The number of hydrogen-bond acceptors (Lipinski definition) is 5. The highest BCUT2D eigenvalue weighted by atomic mass is 35.5. The summed E-state index contributed by atoms with van der Waals surface area (Å²) in [4.78, 5) is 0.370. The Morgan fingerprint density at radius 2 is 1.87 bits per heavy atom. The molecule has 6 nitrogen and oxygen atoms in total. The molecular formula is C19H18ClF3N2O4S. The molecule has 1 fully saturated rings. The van der Waals surface area contributed by atoms with E-state index in [0.29, 0.717) is 22.9 Å². The summed E-state index contributed by atoms with van der Waals surface area (Å²) in [6.45, 7) is 0.146. The van der Waals surface area contributed by atoms with Crippen LogP contribution in [0.4, 0.5) is 13.2 Å².